The molecule has 0 saturated carbocycles. The Morgan fingerprint density at radius 3 is 2.60 bits per heavy atom. The maximum Gasteiger partial charge on any atom is 0.153 e. The molecule has 0 radical (unpaired) electrons. The van der Waals surface area contributed by atoms with Gasteiger partial charge in [0.05, 0.1) is 17.1 Å². The van der Waals surface area contributed by atoms with Gasteiger partial charge in [0.25, 0.3) is 0 Å². The summed E-state index contributed by atoms with van der Waals surface area (Å²) >= 11 is 5.76. The maximum atomic E-state index is 13.7. The van der Waals surface area contributed by atoms with Crippen molar-refractivity contribution >= 4 is 32.5 Å². The Labute approximate surface area is 120 Å². The van der Waals surface area contributed by atoms with E-state index in [1.165, 1.54) is 4.57 Å². The molecule has 1 aromatic carbocycles. The molecule has 4 nitrogen and oxygen atoms in total. The molecule has 110 valence electrons. The molecule has 1 unspecified atom stereocenters. The zero-order chi connectivity index (χ0) is 15.1. The minimum atomic E-state index is -3.24. The van der Waals surface area contributed by atoms with Gasteiger partial charge in [-0.05, 0) is 13.0 Å². The number of hydrogen-bond acceptors (Lipinski definition) is 3. The quantitative estimate of drug-likeness (QED) is 0.813. The van der Waals surface area contributed by atoms with Gasteiger partial charge in [0.2, 0.25) is 0 Å². The van der Waals surface area contributed by atoms with E-state index in [2.05, 4.69) is 4.98 Å². The van der Waals surface area contributed by atoms with Crippen LogP contribution in [0.15, 0.2) is 12.1 Å². The second kappa shape index (κ2) is 5.29. The zero-order valence-electron chi connectivity index (χ0n) is 10.9. The minimum absolute atomic E-state index is 0.0117. The number of hydrogen-bond donors (Lipinski definition) is 0. The van der Waals surface area contributed by atoms with Crippen LogP contribution in [-0.2, 0) is 15.7 Å². The van der Waals surface area contributed by atoms with Crippen molar-refractivity contribution in [3.8, 4) is 0 Å². The number of fused-ring (bicyclic) bond motifs is 1. The van der Waals surface area contributed by atoms with Crippen molar-refractivity contribution in [3.05, 3.63) is 29.6 Å². The van der Waals surface area contributed by atoms with Gasteiger partial charge in [0.15, 0.2) is 5.82 Å². The second-order valence-electron chi connectivity index (χ2n) is 4.73. The molecule has 1 aromatic heterocycles. The van der Waals surface area contributed by atoms with Crippen LogP contribution in [0.3, 0.4) is 0 Å². The van der Waals surface area contributed by atoms with Gasteiger partial charge in [0, 0.05) is 18.4 Å². The topological polar surface area (TPSA) is 52.0 Å². The normalized spacial score (nSPS) is 13.8. The van der Waals surface area contributed by atoms with E-state index >= 15 is 0 Å². The van der Waals surface area contributed by atoms with Crippen molar-refractivity contribution in [1.29, 1.82) is 0 Å². The fraction of sp³-hybridized carbons (Fsp3) is 0.417. The highest BCUT2D eigenvalue weighted by Gasteiger charge is 2.21. The number of rotatable bonds is 4. The van der Waals surface area contributed by atoms with Crippen LogP contribution in [0.4, 0.5) is 8.78 Å². The molecule has 0 N–H and O–H groups in total. The predicted molar refractivity (Wildman–Crippen MR) is 73.6 cm³/mol. The number of imidazole rings is 1. The third-order valence-electron chi connectivity index (χ3n) is 2.89. The van der Waals surface area contributed by atoms with Crippen LogP contribution in [0.1, 0.15) is 18.8 Å². The van der Waals surface area contributed by atoms with Gasteiger partial charge in [-0.2, -0.15) is 0 Å². The molecular weight excluding hydrogens is 310 g/mol. The summed E-state index contributed by atoms with van der Waals surface area (Å²) in [4.78, 5) is 4.02. The van der Waals surface area contributed by atoms with Crippen LogP contribution in [0, 0.1) is 11.6 Å². The fourth-order valence-corrected chi connectivity index (χ4v) is 3.48. The van der Waals surface area contributed by atoms with Crippen molar-refractivity contribution in [3.63, 3.8) is 0 Å². The van der Waals surface area contributed by atoms with Crippen molar-refractivity contribution in [1.82, 2.24) is 9.55 Å². The summed E-state index contributed by atoms with van der Waals surface area (Å²) in [6.07, 6.45) is 1.10. The largest absolute Gasteiger partial charge is 0.323 e. The summed E-state index contributed by atoms with van der Waals surface area (Å²) in [5.74, 6) is -1.42. The van der Waals surface area contributed by atoms with E-state index in [1.54, 1.807) is 6.92 Å². The Kier molecular flexibility index (Phi) is 4.02. The first-order chi connectivity index (χ1) is 9.23. The highest BCUT2D eigenvalue weighted by atomic mass is 35.5. The smallest absolute Gasteiger partial charge is 0.153 e. The Balaban J connectivity index is 2.67. The Morgan fingerprint density at radius 2 is 2.05 bits per heavy atom. The van der Waals surface area contributed by atoms with E-state index < -0.39 is 27.5 Å². The SMILES string of the molecule is CC(CS(C)(=O)=O)n1c(CCl)nc2c(F)cc(F)cc21. The van der Waals surface area contributed by atoms with Gasteiger partial charge < -0.3 is 4.57 Å². The summed E-state index contributed by atoms with van der Waals surface area (Å²) in [5, 5.41) is 0. The molecule has 0 spiro atoms. The third kappa shape index (κ3) is 2.93. The molecule has 0 saturated heterocycles. The molecule has 1 atom stereocenters. The van der Waals surface area contributed by atoms with Gasteiger partial charge in [-0.1, -0.05) is 0 Å². The Bertz CT molecular complexity index is 758. The molecule has 1 heterocycles. The predicted octanol–water partition coefficient (Wildman–Crippen LogP) is 2.66. The lowest BCUT2D eigenvalue weighted by atomic mass is 10.2. The molecular formula is C12H13ClF2N2O2S. The molecule has 8 heteroatoms. The highest BCUT2D eigenvalue weighted by molar-refractivity contribution is 7.90. The number of benzene rings is 1. The first-order valence-corrected chi connectivity index (χ1v) is 8.42. The van der Waals surface area contributed by atoms with E-state index in [9.17, 15) is 17.2 Å². The maximum absolute atomic E-state index is 13.7. The standard InChI is InChI=1S/C12H13ClF2N2O2S/c1-7(6-20(2,18)19)17-10-4-8(14)3-9(15)12(10)16-11(17)5-13/h3-4,7H,5-6H2,1-2H3. The van der Waals surface area contributed by atoms with E-state index in [0.717, 1.165) is 18.4 Å². The second-order valence-corrected chi connectivity index (χ2v) is 7.18. The van der Waals surface area contributed by atoms with Crippen LogP contribution in [0.25, 0.3) is 11.0 Å². The molecule has 0 aliphatic rings. The van der Waals surface area contributed by atoms with E-state index in [-0.39, 0.29) is 22.7 Å². The van der Waals surface area contributed by atoms with Gasteiger partial charge in [-0.25, -0.2) is 22.2 Å². The van der Waals surface area contributed by atoms with Crippen LogP contribution in [0.2, 0.25) is 0 Å². The third-order valence-corrected chi connectivity index (χ3v) is 4.22. The molecule has 0 bridgehead atoms. The van der Waals surface area contributed by atoms with Crippen molar-refractivity contribution in [2.75, 3.05) is 12.0 Å². The summed E-state index contributed by atoms with van der Waals surface area (Å²) < 4.78 is 51.3. The zero-order valence-corrected chi connectivity index (χ0v) is 12.5. The van der Waals surface area contributed by atoms with Crippen molar-refractivity contribution < 1.29 is 17.2 Å². The van der Waals surface area contributed by atoms with E-state index in [0.29, 0.717) is 5.82 Å². The van der Waals surface area contributed by atoms with E-state index in [4.69, 9.17) is 11.6 Å². The molecule has 0 amide bonds. The van der Waals surface area contributed by atoms with Crippen molar-refractivity contribution in [2.24, 2.45) is 0 Å². The number of alkyl halides is 1. The van der Waals surface area contributed by atoms with Crippen molar-refractivity contribution in [2.45, 2.75) is 18.8 Å². The average molecular weight is 323 g/mol. The number of aromatic nitrogens is 2. The molecule has 0 aliphatic heterocycles. The molecule has 2 aromatic rings. The molecule has 2 rings (SSSR count). The summed E-state index contributed by atoms with van der Waals surface area (Å²) in [5.41, 5.74) is 0.191. The number of halogens is 3. The molecule has 20 heavy (non-hydrogen) atoms. The van der Waals surface area contributed by atoms with Gasteiger partial charge in [-0.3, -0.25) is 0 Å². The Morgan fingerprint density at radius 1 is 1.40 bits per heavy atom. The van der Waals surface area contributed by atoms with Crippen LogP contribution >= 0.6 is 11.6 Å². The number of sulfone groups is 1. The lowest BCUT2D eigenvalue weighted by Gasteiger charge is -2.16. The van der Waals surface area contributed by atoms with Crippen LogP contribution < -0.4 is 0 Å². The monoisotopic (exact) mass is 322 g/mol. The minimum Gasteiger partial charge on any atom is -0.323 e. The molecule has 0 fully saturated rings. The summed E-state index contributed by atoms with van der Waals surface area (Å²) in [6, 6.07) is 1.34. The van der Waals surface area contributed by atoms with Gasteiger partial charge in [-0.15, -0.1) is 11.6 Å². The number of nitrogens with zero attached hydrogens (tertiary/aromatic N) is 2. The van der Waals surface area contributed by atoms with E-state index in [1.807, 2.05) is 0 Å². The van der Waals surface area contributed by atoms with Gasteiger partial charge >= 0.3 is 0 Å². The van der Waals surface area contributed by atoms with Gasteiger partial charge in [0.1, 0.15) is 27.0 Å². The first-order valence-electron chi connectivity index (χ1n) is 5.82. The van der Waals surface area contributed by atoms with Crippen LogP contribution in [0.5, 0.6) is 0 Å². The summed E-state index contributed by atoms with van der Waals surface area (Å²) in [6.45, 7) is 1.64. The lowest BCUT2D eigenvalue weighted by molar-refractivity contribution is 0.559. The Hall–Kier alpha value is -1.21. The van der Waals surface area contributed by atoms with Crippen LogP contribution in [-0.4, -0.2) is 30.0 Å². The lowest BCUT2D eigenvalue weighted by Crippen LogP contribution is -2.18. The first kappa shape index (κ1) is 15.2. The summed E-state index contributed by atoms with van der Waals surface area (Å²) in [7, 11) is -3.24. The average Bonchev–Trinajstić information content (AvgIpc) is 2.65. The fourth-order valence-electron chi connectivity index (χ4n) is 2.27. The highest BCUT2D eigenvalue weighted by Crippen LogP contribution is 2.26. The molecule has 0 aliphatic carbocycles.